The molecule has 0 bridgehead atoms. The maximum atomic E-state index is 12.4. The highest BCUT2D eigenvalue weighted by Gasteiger charge is 2.42. The highest BCUT2D eigenvalue weighted by molar-refractivity contribution is 5.98. The predicted molar refractivity (Wildman–Crippen MR) is 84.0 cm³/mol. The molecule has 0 radical (unpaired) electrons. The van der Waals surface area contributed by atoms with Crippen LogP contribution >= 0.6 is 0 Å². The normalized spacial score (nSPS) is 15.5. The average Bonchev–Trinajstić information content (AvgIpc) is 3.02. The number of rotatable bonds is 7. The number of carbonyl (C=O) groups excluding carboxylic acids is 2. The summed E-state index contributed by atoms with van der Waals surface area (Å²) in [7, 11) is 1.39. The molecule has 1 fully saturated rings. The number of primary amides is 1. The van der Waals surface area contributed by atoms with Gasteiger partial charge in [0.1, 0.15) is 5.54 Å². The first-order valence-electron chi connectivity index (χ1n) is 7.53. The first-order valence-corrected chi connectivity index (χ1v) is 7.53. The Hall–Kier alpha value is -2.77. The van der Waals surface area contributed by atoms with Crippen LogP contribution in [0.2, 0.25) is 0 Å². The Labute approximate surface area is 138 Å². The van der Waals surface area contributed by atoms with Crippen molar-refractivity contribution in [1.82, 2.24) is 5.32 Å². The molecule has 0 unspecified atom stereocenters. The quantitative estimate of drug-likeness (QED) is 0.672. The van der Waals surface area contributed by atoms with E-state index in [-0.39, 0.29) is 23.7 Å². The zero-order valence-electron chi connectivity index (χ0n) is 13.3. The van der Waals surface area contributed by atoms with E-state index in [0.29, 0.717) is 12.8 Å². The minimum atomic E-state index is -1.22. The van der Waals surface area contributed by atoms with Crippen LogP contribution in [-0.2, 0) is 9.59 Å². The lowest BCUT2D eigenvalue weighted by Crippen LogP contribution is -2.52. The monoisotopic (exact) mass is 336 g/mol. The van der Waals surface area contributed by atoms with Crippen molar-refractivity contribution in [3.05, 3.63) is 23.8 Å². The number of amides is 2. The van der Waals surface area contributed by atoms with Crippen molar-refractivity contribution >= 4 is 17.8 Å². The lowest BCUT2D eigenvalue weighted by molar-refractivity contribution is -0.144. The molecule has 0 saturated heterocycles. The van der Waals surface area contributed by atoms with Crippen LogP contribution in [0.3, 0.4) is 0 Å². The molecular formula is C16H20N2O6. The number of carbonyl (C=O) groups is 3. The van der Waals surface area contributed by atoms with E-state index in [4.69, 9.17) is 15.2 Å². The fourth-order valence-electron chi connectivity index (χ4n) is 2.74. The standard InChI is InChI=1S/C16H20N2O6/c1-23-12-8-10(4-5-11(12)24-9-13(17)19)14(20)18-16(15(21)22)6-2-3-7-16/h4-5,8H,2-3,6-7,9H2,1H3,(H2,17,19)(H,18,20)(H,21,22). The van der Waals surface area contributed by atoms with Crippen LogP contribution in [-0.4, -0.2) is 42.1 Å². The second kappa shape index (κ2) is 7.20. The van der Waals surface area contributed by atoms with Gasteiger partial charge in [-0.15, -0.1) is 0 Å². The molecule has 0 heterocycles. The van der Waals surface area contributed by atoms with Crippen LogP contribution in [0.1, 0.15) is 36.0 Å². The Bertz CT molecular complexity index is 652. The highest BCUT2D eigenvalue weighted by Crippen LogP contribution is 2.31. The topological polar surface area (TPSA) is 128 Å². The summed E-state index contributed by atoms with van der Waals surface area (Å²) in [6.45, 7) is -0.315. The van der Waals surface area contributed by atoms with Gasteiger partial charge in [-0.3, -0.25) is 9.59 Å². The van der Waals surface area contributed by atoms with Crippen molar-refractivity contribution in [2.75, 3.05) is 13.7 Å². The summed E-state index contributed by atoms with van der Waals surface area (Å²) < 4.78 is 10.3. The lowest BCUT2D eigenvalue weighted by atomic mass is 9.97. The van der Waals surface area contributed by atoms with Crippen molar-refractivity contribution in [2.24, 2.45) is 5.73 Å². The van der Waals surface area contributed by atoms with Crippen molar-refractivity contribution in [3.8, 4) is 11.5 Å². The number of methoxy groups -OCH3 is 1. The van der Waals surface area contributed by atoms with E-state index in [1.165, 1.54) is 25.3 Å². The first-order chi connectivity index (χ1) is 11.4. The Morgan fingerprint density at radius 2 is 1.92 bits per heavy atom. The van der Waals surface area contributed by atoms with Crippen molar-refractivity contribution in [1.29, 1.82) is 0 Å². The van der Waals surface area contributed by atoms with Gasteiger partial charge in [0.15, 0.2) is 18.1 Å². The Morgan fingerprint density at radius 1 is 1.25 bits per heavy atom. The number of benzene rings is 1. The Balaban J connectivity index is 2.17. The van der Waals surface area contributed by atoms with Gasteiger partial charge >= 0.3 is 5.97 Å². The van der Waals surface area contributed by atoms with Crippen LogP contribution in [0.5, 0.6) is 11.5 Å². The minimum Gasteiger partial charge on any atom is -0.493 e. The number of nitrogens with two attached hydrogens (primary N) is 1. The summed E-state index contributed by atoms with van der Waals surface area (Å²) in [6.07, 6.45) is 2.33. The van der Waals surface area contributed by atoms with Gasteiger partial charge in [0.25, 0.3) is 11.8 Å². The van der Waals surface area contributed by atoms with Gasteiger partial charge in [0.05, 0.1) is 7.11 Å². The second-order valence-corrected chi connectivity index (χ2v) is 5.67. The number of carboxylic acids is 1. The summed E-state index contributed by atoms with van der Waals surface area (Å²) in [5.41, 5.74) is 4.04. The molecule has 130 valence electrons. The molecule has 1 aliphatic carbocycles. The molecule has 0 aromatic heterocycles. The number of hydrogen-bond donors (Lipinski definition) is 3. The van der Waals surface area contributed by atoms with Crippen molar-refractivity contribution in [2.45, 2.75) is 31.2 Å². The van der Waals surface area contributed by atoms with Gasteiger partial charge in [-0.25, -0.2) is 4.79 Å². The zero-order chi connectivity index (χ0) is 17.7. The number of aliphatic carboxylic acids is 1. The second-order valence-electron chi connectivity index (χ2n) is 5.67. The van der Waals surface area contributed by atoms with E-state index < -0.39 is 23.3 Å². The number of nitrogens with one attached hydrogen (secondary N) is 1. The molecule has 1 aromatic carbocycles. The molecule has 0 atom stereocenters. The number of carboxylic acid groups (broad SMARTS) is 1. The average molecular weight is 336 g/mol. The van der Waals surface area contributed by atoms with E-state index >= 15 is 0 Å². The molecule has 8 nitrogen and oxygen atoms in total. The van der Waals surface area contributed by atoms with E-state index in [0.717, 1.165) is 12.8 Å². The Morgan fingerprint density at radius 3 is 2.46 bits per heavy atom. The SMILES string of the molecule is COc1cc(C(=O)NC2(C(=O)O)CCCC2)ccc1OCC(N)=O. The molecule has 1 aliphatic rings. The first kappa shape index (κ1) is 17.6. The maximum Gasteiger partial charge on any atom is 0.329 e. The van der Waals surface area contributed by atoms with Crippen molar-refractivity contribution in [3.63, 3.8) is 0 Å². The van der Waals surface area contributed by atoms with Gasteiger partial charge in [-0.2, -0.15) is 0 Å². The molecule has 8 heteroatoms. The van der Waals surface area contributed by atoms with E-state index in [1.54, 1.807) is 0 Å². The fourth-order valence-corrected chi connectivity index (χ4v) is 2.74. The molecular weight excluding hydrogens is 316 g/mol. The molecule has 0 aliphatic heterocycles. The summed E-state index contributed by atoms with van der Waals surface area (Å²) in [4.78, 5) is 34.7. The van der Waals surface area contributed by atoms with Crippen LogP contribution in [0.15, 0.2) is 18.2 Å². The predicted octanol–water partition coefficient (Wildman–Crippen LogP) is 0.686. The molecule has 24 heavy (non-hydrogen) atoms. The van der Waals surface area contributed by atoms with Gasteiger partial charge < -0.3 is 25.6 Å². The third kappa shape index (κ3) is 3.76. The van der Waals surface area contributed by atoms with Gasteiger partial charge in [0.2, 0.25) is 0 Å². The minimum absolute atomic E-state index is 0.241. The molecule has 1 aromatic rings. The summed E-state index contributed by atoms with van der Waals surface area (Å²) in [5, 5.41) is 12.0. The lowest BCUT2D eigenvalue weighted by Gasteiger charge is -2.25. The molecule has 1 saturated carbocycles. The molecule has 0 spiro atoms. The third-order valence-corrected chi connectivity index (χ3v) is 4.02. The number of hydrogen-bond acceptors (Lipinski definition) is 5. The smallest absolute Gasteiger partial charge is 0.329 e. The third-order valence-electron chi connectivity index (χ3n) is 4.02. The summed E-state index contributed by atoms with van der Waals surface area (Å²) >= 11 is 0. The van der Waals surface area contributed by atoms with Gasteiger partial charge in [-0.1, -0.05) is 12.8 Å². The fraction of sp³-hybridized carbons (Fsp3) is 0.438. The molecule has 2 amide bonds. The van der Waals surface area contributed by atoms with Crippen LogP contribution in [0, 0.1) is 0 Å². The number of ether oxygens (including phenoxy) is 2. The van der Waals surface area contributed by atoms with Crippen LogP contribution in [0.25, 0.3) is 0 Å². The Kier molecular flexibility index (Phi) is 5.28. The highest BCUT2D eigenvalue weighted by atomic mass is 16.5. The summed E-state index contributed by atoms with van der Waals surface area (Å²) in [6, 6.07) is 4.37. The van der Waals surface area contributed by atoms with Crippen LogP contribution in [0.4, 0.5) is 0 Å². The largest absolute Gasteiger partial charge is 0.493 e. The van der Waals surface area contributed by atoms with E-state index in [2.05, 4.69) is 5.32 Å². The zero-order valence-corrected chi connectivity index (χ0v) is 13.3. The van der Waals surface area contributed by atoms with Gasteiger partial charge in [-0.05, 0) is 31.0 Å². The van der Waals surface area contributed by atoms with Crippen LogP contribution < -0.4 is 20.5 Å². The van der Waals surface area contributed by atoms with Gasteiger partial charge in [0, 0.05) is 5.56 Å². The molecule has 2 rings (SSSR count). The van der Waals surface area contributed by atoms with Crippen molar-refractivity contribution < 1.29 is 29.0 Å². The van der Waals surface area contributed by atoms with E-state index in [9.17, 15) is 19.5 Å². The van der Waals surface area contributed by atoms with E-state index in [1.807, 2.05) is 0 Å². The maximum absolute atomic E-state index is 12.4. The summed E-state index contributed by atoms with van der Waals surface area (Å²) in [5.74, 6) is -1.65. The molecule has 4 N–H and O–H groups in total.